The van der Waals surface area contributed by atoms with Crippen molar-refractivity contribution in [2.24, 2.45) is 0 Å². The fraction of sp³-hybridized carbons (Fsp3) is 0.350. The summed E-state index contributed by atoms with van der Waals surface area (Å²) in [4.78, 5) is 32.4. The van der Waals surface area contributed by atoms with Gasteiger partial charge in [0, 0.05) is 35.1 Å². The largest absolute Gasteiger partial charge is 0.372 e. The summed E-state index contributed by atoms with van der Waals surface area (Å²) in [7, 11) is 1.73. The van der Waals surface area contributed by atoms with Crippen LogP contribution in [0.4, 0.5) is 17.2 Å². The van der Waals surface area contributed by atoms with Gasteiger partial charge in [0.15, 0.2) is 0 Å². The van der Waals surface area contributed by atoms with Crippen molar-refractivity contribution in [3.63, 3.8) is 0 Å². The molecule has 8 heteroatoms. The number of amides is 2. The van der Waals surface area contributed by atoms with E-state index in [0.29, 0.717) is 5.82 Å². The molecule has 0 aliphatic carbocycles. The monoisotopic (exact) mass is 445 g/mol. The molecule has 3 rings (SSSR count). The molecule has 2 heterocycles. The summed E-state index contributed by atoms with van der Waals surface area (Å²) in [5, 5.41) is 5.58. The van der Waals surface area contributed by atoms with Gasteiger partial charge in [0.05, 0.1) is 13.1 Å². The molecule has 1 fully saturated rings. The normalized spacial score (nSPS) is 13.6. The molecule has 0 bridgehead atoms. The van der Waals surface area contributed by atoms with Crippen LogP contribution in [-0.4, -0.2) is 54.9 Å². The Morgan fingerprint density at radius 1 is 1.04 bits per heavy atom. The van der Waals surface area contributed by atoms with Crippen LogP contribution in [0.1, 0.15) is 12.8 Å². The molecule has 28 heavy (non-hydrogen) atoms. The Labute approximate surface area is 173 Å². The molecule has 1 saturated heterocycles. The highest BCUT2D eigenvalue weighted by molar-refractivity contribution is 9.10. The maximum absolute atomic E-state index is 12.2. The first-order valence-electron chi connectivity index (χ1n) is 9.24. The van der Waals surface area contributed by atoms with E-state index in [1.165, 1.54) is 18.5 Å². The smallest absolute Gasteiger partial charge is 0.239 e. The molecule has 2 N–H and O–H groups in total. The number of hydrogen-bond acceptors (Lipinski definition) is 5. The van der Waals surface area contributed by atoms with Gasteiger partial charge in [0.1, 0.15) is 5.82 Å². The summed E-state index contributed by atoms with van der Waals surface area (Å²) in [5.41, 5.74) is 1.94. The minimum absolute atomic E-state index is 0.0963. The van der Waals surface area contributed by atoms with E-state index in [-0.39, 0.29) is 24.9 Å². The molecule has 148 valence electrons. The lowest BCUT2D eigenvalue weighted by Crippen LogP contribution is -2.36. The van der Waals surface area contributed by atoms with Gasteiger partial charge >= 0.3 is 0 Å². The molecule has 1 aliphatic rings. The van der Waals surface area contributed by atoms with Crippen molar-refractivity contribution in [3.05, 3.63) is 47.1 Å². The van der Waals surface area contributed by atoms with Crippen molar-refractivity contribution in [2.75, 3.05) is 48.8 Å². The molecule has 2 amide bonds. The van der Waals surface area contributed by atoms with Gasteiger partial charge < -0.3 is 15.5 Å². The second-order valence-electron chi connectivity index (χ2n) is 6.87. The lowest BCUT2D eigenvalue weighted by Gasteiger charge is -2.18. The predicted molar refractivity (Wildman–Crippen MR) is 115 cm³/mol. The SMILES string of the molecule is CN(CC(=O)Nc1ccc(N2CCCC2)cc1)CC(=O)Nc1ccc(Br)cn1. The Kier molecular flexibility index (Phi) is 7.00. The van der Waals surface area contributed by atoms with E-state index < -0.39 is 0 Å². The van der Waals surface area contributed by atoms with E-state index >= 15 is 0 Å². The number of rotatable bonds is 7. The van der Waals surface area contributed by atoms with Crippen LogP contribution in [0.3, 0.4) is 0 Å². The van der Waals surface area contributed by atoms with Crippen LogP contribution >= 0.6 is 15.9 Å². The van der Waals surface area contributed by atoms with Gasteiger partial charge in [-0.15, -0.1) is 0 Å². The number of halogens is 1. The third kappa shape index (κ3) is 6.03. The van der Waals surface area contributed by atoms with Crippen molar-refractivity contribution in [2.45, 2.75) is 12.8 Å². The Morgan fingerprint density at radius 3 is 2.29 bits per heavy atom. The number of nitrogens with zero attached hydrogens (tertiary/aromatic N) is 3. The van der Waals surface area contributed by atoms with E-state index in [0.717, 1.165) is 23.2 Å². The van der Waals surface area contributed by atoms with Crippen molar-refractivity contribution < 1.29 is 9.59 Å². The number of nitrogens with one attached hydrogen (secondary N) is 2. The van der Waals surface area contributed by atoms with Crippen LogP contribution in [0.2, 0.25) is 0 Å². The first-order chi connectivity index (χ1) is 13.5. The first-order valence-corrected chi connectivity index (χ1v) is 10.0. The molecule has 0 saturated carbocycles. The Morgan fingerprint density at radius 2 is 1.68 bits per heavy atom. The van der Waals surface area contributed by atoms with Crippen molar-refractivity contribution in [3.8, 4) is 0 Å². The fourth-order valence-corrected chi connectivity index (χ4v) is 3.34. The molecule has 1 aromatic heterocycles. The van der Waals surface area contributed by atoms with Crippen LogP contribution in [0.15, 0.2) is 47.1 Å². The molecule has 0 atom stereocenters. The van der Waals surface area contributed by atoms with E-state index in [1.807, 2.05) is 24.3 Å². The minimum Gasteiger partial charge on any atom is -0.372 e. The standard InChI is InChI=1S/C20H24BrN5O2/c1-25(14-20(28)24-18-9-4-15(21)12-22-18)13-19(27)23-16-5-7-17(8-6-16)26-10-2-3-11-26/h4-9,12H,2-3,10-11,13-14H2,1H3,(H,23,27)(H,22,24,28). The number of pyridine rings is 1. The predicted octanol–water partition coefficient (Wildman–Crippen LogP) is 2.95. The van der Waals surface area contributed by atoms with E-state index in [1.54, 1.807) is 30.3 Å². The fourth-order valence-electron chi connectivity index (χ4n) is 3.11. The van der Waals surface area contributed by atoms with Crippen LogP contribution in [-0.2, 0) is 9.59 Å². The van der Waals surface area contributed by atoms with Gasteiger partial charge in [0.2, 0.25) is 11.8 Å². The maximum Gasteiger partial charge on any atom is 0.239 e. The summed E-state index contributed by atoms with van der Waals surface area (Å²) in [6, 6.07) is 11.4. The van der Waals surface area contributed by atoms with Crippen molar-refractivity contribution >= 4 is 44.9 Å². The van der Waals surface area contributed by atoms with E-state index in [9.17, 15) is 9.59 Å². The third-order valence-electron chi connectivity index (χ3n) is 4.44. The Bertz CT molecular complexity index is 804. The second kappa shape index (κ2) is 9.66. The van der Waals surface area contributed by atoms with Crippen LogP contribution in [0, 0.1) is 0 Å². The molecular weight excluding hydrogens is 422 g/mol. The highest BCUT2D eigenvalue weighted by Crippen LogP contribution is 2.22. The van der Waals surface area contributed by atoms with Crippen molar-refractivity contribution in [1.82, 2.24) is 9.88 Å². The maximum atomic E-state index is 12.2. The zero-order chi connectivity index (χ0) is 19.9. The molecule has 7 nitrogen and oxygen atoms in total. The molecule has 0 radical (unpaired) electrons. The zero-order valence-electron chi connectivity index (χ0n) is 15.8. The summed E-state index contributed by atoms with van der Waals surface area (Å²) in [5.74, 6) is 0.0928. The second-order valence-corrected chi connectivity index (χ2v) is 7.79. The Balaban J connectivity index is 1.43. The average molecular weight is 446 g/mol. The molecular formula is C20H24BrN5O2. The molecule has 1 aromatic carbocycles. The van der Waals surface area contributed by atoms with Gasteiger partial charge in [-0.2, -0.15) is 0 Å². The van der Waals surface area contributed by atoms with Crippen LogP contribution in [0.25, 0.3) is 0 Å². The molecule has 2 aromatic rings. The molecule has 0 spiro atoms. The highest BCUT2D eigenvalue weighted by Gasteiger charge is 2.13. The topological polar surface area (TPSA) is 77.6 Å². The van der Waals surface area contributed by atoms with Gasteiger partial charge in [-0.05, 0) is 72.2 Å². The summed E-state index contributed by atoms with van der Waals surface area (Å²) >= 11 is 3.30. The first kappa shape index (κ1) is 20.3. The van der Waals surface area contributed by atoms with E-state index in [2.05, 4.69) is 36.4 Å². The quantitative estimate of drug-likeness (QED) is 0.684. The van der Waals surface area contributed by atoms with Crippen molar-refractivity contribution in [1.29, 1.82) is 0 Å². The number of anilines is 3. The highest BCUT2D eigenvalue weighted by atomic mass is 79.9. The van der Waals surface area contributed by atoms with E-state index in [4.69, 9.17) is 0 Å². The van der Waals surface area contributed by atoms with Gasteiger partial charge in [-0.3, -0.25) is 14.5 Å². The van der Waals surface area contributed by atoms with Crippen LogP contribution < -0.4 is 15.5 Å². The lowest BCUT2D eigenvalue weighted by atomic mass is 10.2. The summed E-state index contributed by atoms with van der Waals surface area (Å²) in [6.45, 7) is 2.40. The number of carbonyl (C=O) groups is 2. The van der Waals surface area contributed by atoms with Gasteiger partial charge in [0.25, 0.3) is 0 Å². The lowest BCUT2D eigenvalue weighted by molar-refractivity contribution is -0.119. The molecule has 0 unspecified atom stereocenters. The molecule has 1 aliphatic heterocycles. The minimum atomic E-state index is -0.222. The zero-order valence-corrected chi connectivity index (χ0v) is 17.4. The summed E-state index contributed by atoms with van der Waals surface area (Å²) in [6.07, 6.45) is 4.08. The van der Waals surface area contributed by atoms with Crippen LogP contribution in [0.5, 0.6) is 0 Å². The number of likely N-dealkylation sites (N-methyl/N-ethyl adjacent to an activating group) is 1. The number of hydrogen-bond donors (Lipinski definition) is 2. The number of benzene rings is 1. The average Bonchev–Trinajstić information content (AvgIpc) is 3.18. The third-order valence-corrected chi connectivity index (χ3v) is 4.91. The Hall–Kier alpha value is -2.45. The van der Waals surface area contributed by atoms with Gasteiger partial charge in [-0.1, -0.05) is 0 Å². The van der Waals surface area contributed by atoms with Gasteiger partial charge in [-0.25, -0.2) is 4.98 Å². The summed E-state index contributed by atoms with van der Waals surface area (Å²) < 4.78 is 0.841. The number of aromatic nitrogens is 1. The number of carbonyl (C=O) groups excluding carboxylic acids is 2.